The maximum atomic E-state index is 5.52. The van der Waals surface area contributed by atoms with E-state index in [1.165, 1.54) is 87.7 Å². The Kier molecular flexibility index (Phi) is 8.44. The van der Waals surface area contributed by atoms with Gasteiger partial charge in [-0.15, -0.1) is 115 Å². The molecular formula is C42H28S8Si2. The topological polar surface area (TPSA) is 0 Å². The van der Waals surface area contributed by atoms with Crippen molar-refractivity contribution < 1.29 is 0 Å². The minimum atomic E-state index is -1.35. The molecule has 10 rings (SSSR count). The summed E-state index contributed by atoms with van der Waals surface area (Å²) in [7, 11) is -2.69. The van der Waals surface area contributed by atoms with Gasteiger partial charge in [-0.3, -0.25) is 0 Å². The van der Waals surface area contributed by atoms with Gasteiger partial charge in [-0.1, -0.05) is 63.0 Å². The molecular weight excluding hydrogens is 817 g/mol. The van der Waals surface area contributed by atoms with E-state index in [4.69, 9.17) is 12.8 Å². The number of benzene rings is 2. The van der Waals surface area contributed by atoms with Gasteiger partial charge in [0.1, 0.15) is 16.1 Å². The zero-order valence-electron chi connectivity index (χ0n) is 29.0. The third kappa shape index (κ3) is 6.30. The number of terminal acetylenes is 2. The highest BCUT2D eigenvalue weighted by Gasteiger charge is 2.17. The van der Waals surface area contributed by atoms with Crippen LogP contribution < -0.4 is 0 Å². The van der Waals surface area contributed by atoms with Gasteiger partial charge in [0.2, 0.25) is 0 Å². The number of fused-ring (bicyclic) bond motifs is 12. The first kappa shape index (κ1) is 34.6. The maximum Gasteiger partial charge on any atom is 0.129 e. The molecule has 8 aromatic heterocycles. The Hall–Kier alpha value is -3.21. The van der Waals surface area contributed by atoms with E-state index >= 15 is 0 Å². The summed E-state index contributed by atoms with van der Waals surface area (Å²) >= 11 is 14.6. The quantitative estimate of drug-likeness (QED) is 0.105. The zero-order valence-corrected chi connectivity index (χ0v) is 37.6. The van der Waals surface area contributed by atoms with Crippen LogP contribution in [-0.2, 0) is 0 Å². The Bertz CT molecular complexity index is 3080. The highest BCUT2D eigenvalue weighted by Crippen LogP contribution is 2.47. The van der Waals surface area contributed by atoms with E-state index in [-0.39, 0.29) is 0 Å². The second-order valence-electron chi connectivity index (χ2n) is 14.6. The molecule has 0 aliphatic rings. The molecule has 0 unspecified atom stereocenters. The molecule has 0 aliphatic heterocycles. The van der Waals surface area contributed by atoms with Crippen molar-refractivity contribution in [3.63, 3.8) is 0 Å². The van der Waals surface area contributed by atoms with Gasteiger partial charge in [-0.05, 0) is 48.5 Å². The summed E-state index contributed by atoms with van der Waals surface area (Å²) in [4.78, 5) is 4.43. The van der Waals surface area contributed by atoms with Crippen LogP contribution in [0.2, 0.25) is 39.3 Å². The fourth-order valence-corrected chi connectivity index (χ4v) is 16.6. The van der Waals surface area contributed by atoms with Crippen molar-refractivity contribution in [2.45, 2.75) is 39.3 Å². The Labute approximate surface area is 336 Å². The smallest absolute Gasteiger partial charge is 0.129 e. The molecule has 0 spiro atoms. The van der Waals surface area contributed by atoms with Crippen LogP contribution in [0.4, 0.5) is 0 Å². The summed E-state index contributed by atoms with van der Waals surface area (Å²) < 4.78 is 16.2. The van der Waals surface area contributed by atoms with Crippen LogP contribution in [0.1, 0.15) is 19.5 Å². The second kappa shape index (κ2) is 12.7. The SMILES string of the molecule is C#Cc1cc2sc3cc4c(cc3c2s1)sc1cc(C#C)sc14.C[Si](C)(C)C#Cc1cc2sc3cc4c(cc3c2s1)sc1cc(C#C[Si](C)(C)C)sc14. The average Bonchev–Trinajstić information content (AvgIpc) is 3.93. The van der Waals surface area contributed by atoms with E-state index < -0.39 is 16.1 Å². The number of hydrogen-bond acceptors (Lipinski definition) is 8. The predicted molar refractivity (Wildman–Crippen MR) is 252 cm³/mol. The molecule has 0 aliphatic carbocycles. The monoisotopic (exact) mass is 844 g/mol. The Morgan fingerprint density at radius 3 is 0.904 bits per heavy atom. The van der Waals surface area contributed by atoms with E-state index in [1.807, 2.05) is 68.0 Å². The first-order valence-electron chi connectivity index (χ1n) is 16.5. The Morgan fingerprint density at radius 1 is 0.365 bits per heavy atom. The molecule has 0 N–H and O–H groups in total. The van der Waals surface area contributed by atoms with Crippen LogP contribution in [0.25, 0.3) is 77.9 Å². The van der Waals surface area contributed by atoms with Gasteiger partial charge in [-0.25, -0.2) is 0 Å². The number of rotatable bonds is 0. The summed E-state index contributed by atoms with van der Waals surface area (Å²) in [5.41, 5.74) is 7.01. The maximum absolute atomic E-state index is 5.52. The van der Waals surface area contributed by atoms with Gasteiger partial charge in [0.25, 0.3) is 0 Å². The molecule has 10 aromatic rings. The molecule has 0 amide bonds. The molecule has 0 nitrogen and oxygen atoms in total. The molecule has 52 heavy (non-hydrogen) atoms. The van der Waals surface area contributed by atoms with Crippen LogP contribution >= 0.6 is 90.7 Å². The molecule has 2 aromatic carbocycles. The van der Waals surface area contributed by atoms with Gasteiger partial charge in [0.15, 0.2) is 0 Å². The Morgan fingerprint density at radius 2 is 0.635 bits per heavy atom. The van der Waals surface area contributed by atoms with Crippen LogP contribution in [0.3, 0.4) is 0 Å². The summed E-state index contributed by atoms with van der Waals surface area (Å²) in [6.45, 7) is 13.8. The summed E-state index contributed by atoms with van der Waals surface area (Å²) in [5.74, 6) is 12.4. The fourth-order valence-electron chi connectivity index (χ4n) is 5.96. The first-order valence-corrected chi connectivity index (χ1v) is 30.0. The third-order valence-corrected chi connectivity index (χ3v) is 19.3. The zero-order chi connectivity index (χ0) is 36.1. The third-order valence-electron chi connectivity index (χ3n) is 8.22. The van der Waals surface area contributed by atoms with E-state index in [1.54, 1.807) is 22.7 Å². The van der Waals surface area contributed by atoms with Crippen molar-refractivity contribution in [1.29, 1.82) is 0 Å². The van der Waals surface area contributed by atoms with Crippen LogP contribution in [0.15, 0.2) is 48.5 Å². The van der Waals surface area contributed by atoms with Gasteiger partial charge >= 0.3 is 0 Å². The van der Waals surface area contributed by atoms with Crippen LogP contribution in [-0.4, -0.2) is 16.1 Å². The number of hydrogen-bond donors (Lipinski definition) is 0. The predicted octanol–water partition coefficient (Wildman–Crippen LogP) is 15.5. The first-order chi connectivity index (χ1) is 24.8. The van der Waals surface area contributed by atoms with Gasteiger partial charge in [-0.2, -0.15) is 0 Å². The summed E-state index contributed by atoms with van der Waals surface area (Å²) in [6, 6.07) is 18.3. The second-order valence-corrected chi connectivity index (χ2v) is 32.6. The lowest BCUT2D eigenvalue weighted by atomic mass is 10.2. The highest BCUT2D eigenvalue weighted by atomic mass is 32.1. The van der Waals surface area contributed by atoms with E-state index in [0.29, 0.717) is 0 Å². The largest absolute Gasteiger partial charge is 0.134 e. The van der Waals surface area contributed by atoms with E-state index in [2.05, 4.69) is 123 Å². The van der Waals surface area contributed by atoms with Crippen LogP contribution in [0, 0.1) is 47.6 Å². The molecule has 0 radical (unpaired) electrons. The molecule has 0 bridgehead atoms. The normalized spacial score (nSPS) is 12.1. The average molecular weight is 845 g/mol. The molecule has 0 fully saturated rings. The van der Waals surface area contributed by atoms with Gasteiger partial charge in [0, 0.05) is 59.1 Å². The fraction of sp³-hybridized carbons (Fsp3) is 0.143. The highest BCUT2D eigenvalue weighted by molar-refractivity contribution is 7.36. The van der Waals surface area contributed by atoms with Crippen molar-refractivity contribution in [3.05, 3.63) is 68.0 Å². The molecule has 0 saturated carbocycles. The minimum Gasteiger partial charge on any atom is -0.134 e. The molecule has 8 heterocycles. The van der Waals surface area contributed by atoms with Crippen molar-refractivity contribution in [3.8, 4) is 47.6 Å². The minimum absolute atomic E-state index is 1.01. The van der Waals surface area contributed by atoms with Crippen molar-refractivity contribution >= 4 is 185 Å². The summed E-state index contributed by atoms with van der Waals surface area (Å²) in [6.07, 6.45) is 11.0. The van der Waals surface area contributed by atoms with Crippen molar-refractivity contribution in [2.24, 2.45) is 0 Å². The molecule has 252 valence electrons. The van der Waals surface area contributed by atoms with E-state index in [0.717, 1.165) is 9.75 Å². The molecule has 10 heteroatoms. The lowest BCUT2D eigenvalue weighted by Gasteiger charge is -2.02. The summed E-state index contributed by atoms with van der Waals surface area (Å²) in [5, 5.41) is 5.43. The standard InChI is InChI=1S/C24H22S4Si2.C18H6S4/c1-29(2,3)9-7-15-11-21-23(25-15)17-13-20-18(14-19(17)27-21)24-22(28-20)12-16(26-24)8-10-30(4,5)6;1-3-9-5-15-17(19-9)11-7-14-12(8-13(11)21-15)18-16(22-14)6-10(4-2)20-18/h11-14H,1-6H3;1-2,5-8H. The molecule has 0 saturated heterocycles. The molecule has 0 atom stereocenters. The van der Waals surface area contributed by atoms with E-state index in [9.17, 15) is 0 Å². The lowest BCUT2D eigenvalue weighted by molar-refractivity contribution is 1.81. The van der Waals surface area contributed by atoms with Gasteiger partial charge in [0.05, 0.1) is 38.3 Å². The number of thiophene rings is 8. The van der Waals surface area contributed by atoms with Crippen molar-refractivity contribution in [1.82, 2.24) is 0 Å². The van der Waals surface area contributed by atoms with Gasteiger partial charge < -0.3 is 0 Å². The van der Waals surface area contributed by atoms with Crippen molar-refractivity contribution in [2.75, 3.05) is 0 Å². The lowest BCUT2D eigenvalue weighted by Crippen LogP contribution is -2.16. The Balaban J connectivity index is 0.000000145. The van der Waals surface area contributed by atoms with Crippen LogP contribution in [0.5, 0.6) is 0 Å².